The highest BCUT2D eigenvalue weighted by Gasteiger charge is 2.29. The molecule has 1 aliphatic heterocycles. The Morgan fingerprint density at radius 1 is 1.03 bits per heavy atom. The lowest BCUT2D eigenvalue weighted by atomic mass is 9.92. The number of hydrogen-bond donors (Lipinski definition) is 1. The average molecular weight is 527 g/mol. The van der Waals surface area contributed by atoms with Gasteiger partial charge in [-0.1, -0.05) is 78.0 Å². The number of benzene rings is 3. The predicted octanol–water partition coefficient (Wildman–Crippen LogP) is 6.80. The fourth-order valence-corrected chi connectivity index (χ4v) is 4.66. The third kappa shape index (κ3) is 5.71. The number of aromatic nitrogens is 1. The van der Waals surface area contributed by atoms with Gasteiger partial charge >= 0.3 is 12.1 Å². The maximum atomic E-state index is 12.6. The first kappa shape index (κ1) is 26.2. The quantitative estimate of drug-likeness (QED) is 0.264. The molecule has 1 aliphatic rings. The van der Waals surface area contributed by atoms with Gasteiger partial charge in [-0.05, 0) is 55.0 Å². The molecule has 0 radical (unpaired) electrons. The third-order valence-electron chi connectivity index (χ3n) is 6.71. The van der Waals surface area contributed by atoms with Crippen LogP contribution in [0.2, 0.25) is 0 Å². The summed E-state index contributed by atoms with van der Waals surface area (Å²) in [5.41, 5.74) is 6.62. The second-order valence-electron chi connectivity index (χ2n) is 9.30. The van der Waals surface area contributed by atoms with Crippen LogP contribution in [0.15, 0.2) is 77.3 Å². The first-order valence-electron chi connectivity index (χ1n) is 12.9. The Bertz CT molecular complexity index is 1460. The van der Waals surface area contributed by atoms with E-state index in [0.717, 1.165) is 39.8 Å². The van der Waals surface area contributed by atoms with Crippen LogP contribution in [0.25, 0.3) is 22.5 Å². The summed E-state index contributed by atoms with van der Waals surface area (Å²) in [4.78, 5) is 25.0. The smallest absolute Gasteiger partial charge is 0.412 e. The van der Waals surface area contributed by atoms with E-state index >= 15 is 0 Å². The maximum Gasteiger partial charge on any atom is 0.412 e. The van der Waals surface area contributed by atoms with Gasteiger partial charge in [0.05, 0.1) is 13.2 Å². The number of nitrogens with zero attached hydrogens (tertiary/aromatic N) is 1. The summed E-state index contributed by atoms with van der Waals surface area (Å²) < 4.78 is 22.0. The van der Waals surface area contributed by atoms with E-state index < -0.39 is 18.3 Å². The highest BCUT2D eigenvalue weighted by atomic mass is 16.6. The Labute approximate surface area is 226 Å². The van der Waals surface area contributed by atoms with E-state index in [0.29, 0.717) is 30.4 Å². The topological polar surface area (TPSA) is 99.9 Å². The third-order valence-corrected chi connectivity index (χ3v) is 6.71. The van der Waals surface area contributed by atoms with E-state index in [1.807, 2.05) is 73.7 Å². The Morgan fingerprint density at radius 2 is 1.74 bits per heavy atom. The van der Waals surface area contributed by atoms with Crippen molar-refractivity contribution in [3.05, 3.63) is 95.2 Å². The highest BCUT2D eigenvalue weighted by Crippen LogP contribution is 2.35. The van der Waals surface area contributed by atoms with Crippen molar-refractivity contribution in [1.82, 2.24) is 5.16 Å². The van der Waals surface area contributed by atoms with Crippen LogP contribution in [0.1, 0.15) is 48.4 Å². The molecule has 0 saturated carbocycles. The summed E-state index contributed by atoms with van der Waals surface area (Å²) in [5.74, 6) is 0.0870. The Kier molecular flexibility index (Phi) is 7.74. The van der Waals surface area contributed by atoms with Gasteiger partial charge in [-0.15, -0.1) is 0 Å². The van der Waals surface area contributed by atoms with Crippen LogP contribution in [-0.4, -0.2) is 30.4 Å². The Hall–Kier alpha value is -4.43. The molecule has 8 heteroatoms. The van der Waals surface area contributed by atoms with Gasteiger partial charge in [0.25, 0.3) is 0 Å². The molecule has 0 spiro atoms. The zero-order valence-electron chi connectivity index (χ0n) is 22.1. The molecule has 0 fully saturated rings. The van der Waals surface area contributed by atoms with Gasteiger partial charge in [0.2, 0.25) is 0 Å². The zero-order chi connectivity index (χ0) is 27.4. The van der Waals surface area contributed by atoms with E-state index in [-0.39, 0.29) is 5.97 Å². The predicted molar refractivity (Wildman–Crippen MR) is 146 cm³/mol. The van der Waals surface area contributed by atoms with Crippen LogP contribution < -0.4 is 5.32 Å². The average Bonchev–Trinajstić information content (AvgIpc) is 3.32. The van der Waals surface area contributed by atoms with Crippen LogP contribution >= 0.6 is 0 Å². The highest BCUT2D eigenvalue weighted by molar-refractivity contribution is 5.91. The molecule has 3 aromatic carbocycles. The van der Waals surface area contributed by atoms with Gasteiger partial charge in [-0.3, -0.25) is 5.32 Å². The van der Waals surface area contributed by atoms with Gasteiger partial charge in [-0.25, -0.2) is 9.59 Å². The summed E-state index contributed by atoms with van der Waals surface area (Å²) in [6.45, 7) is 6.14. The maximum absolute atomic E-state index is 12.6. The lowest BCUT2D eigenvalue weighted by Crippen LogP contribution is -2.25. The molecule has 0 aliphatic carbocycles. The number of esters is 1. The molecule has 1 N–H and O–H groups in total. The lowest BCUT2D eigenvalue weighted by molar-refractivity contribution is -0.158. The number of carbonyl (C=O) groups is 2. The fourth-order valence-electron chi connectivity index (χ4n) is 4.66. The molecule has 2 atom stereocenters. The zero-order valence-corrected chi connectivity index (χ0v) is 22.1. The minimum atomic E-state index is -0.687. The molecule has 1 unspecified atom stereocenters. The van der Waals surface area contributed by atoms with Crippen molar-refractivity contribution in [2.24, 2.45) is 0 Å². The first-order valence-corrected chi connectivity index (χ1v) is 12.9. The van der Waals surface area contributed by atoms with Crippen molar-refractivity contribution in [2.75, 3.05) is 18.5 Å². The molecular formula is C31H30N2O6. The molecule has 5 rings (SSSR count). The number of carbonyl (C=O) groups excluding carboxylic acids is 2. The number of rotatable bonds is 7. The van der Waals surface area contributed by atoms with Gasteiger partial charge in [-0.2, -0.15) is 0 Å². The van der Waals surface area contributed by atoms with E-state index in [1.165, 1.54) is 0 Å². The van der Waals surface area contributed by atoms with E-state index in [1.54, 1.807) is 13.8 Å². The molecule has 8 nitrogen and oxygen atoms in total. The summed E-state index contributed by atoms with van der Waals surface area (Å²) >= 11 is 0. The molecule has 200 valence electrons. The van der Waals surface area contributed by atoms with Crippen molar-refractivity contribution in [3.63, 3.8) is 0 Å². The number of amides is 1. The lowest BCUT2D eigenvalue weighted by Gasteiger charge is -2.25. The SMILES string of the molecule is CCOC(=O)C1OCCc2cc(-c3ccc(-c4onc(C)c4NC(=O)O[C@H](C)c4ccccc4)cc3)ccc21. The molecule has 1 amide bonds. The molecular weight excluding hydrogens is 496 g/mol. The summed E-state index contributed by atoms with van der Waals surface area (Å²) in [6, 6.07) is 23.3. The van der Waals surface area contributed by atoms with Crippen LogP contribution in [0, 0.1) is 6.92 Å². The molecule has 0 saturated heterocycles. The van der Waals surface area contributed by atoms with Gasteiger partial charge in [0, 0.05) is 5.56 Å². The van der Waals surface area contributed by atoms with Crippen molar-refractivity contribution in [2.45, 2.75) is 39.4 Å². The van der Waals surface area contributed by atoms with Crippen molar-refractivity contribution in [1.29, 1.82) is 0 Å². The Balaban J connectivity index is 1.32. The van der Waals surface area contributed by atoms with Crippen LogP contribution in [-0.2, 0) is 25.4 Å². The minimum absolute atomic E-state index is 0.314. The first-order chi connectivity index (χ1) is 18.9. The second kappa shape index (κ2) is 11.5. The number of nitrogens with one attached hydrogen (secondary N) is 1. The molecule has 2 heterocycles. The number of ether oxygens (including phenoxy) is 3. The van der Waals surface area contributed by atoms with Crippen LogP contribution in [0.3, 0.4) is 0 Å². The van der Waals surface area contributed by atoms with Gasteiger partial charge < -0.3 is 18.7 Å². The van der Waals surface area contributed by atoms with Crippen LogP contribution in [0.5, 0.6) is 0 Å². The monoisotopic (exact) mass is 526 g/mol. The molecule has 1 aromatic heterocycles. The fraction of sp³-hybridized carbons (Fsp3) is 0.258. The number of aryl methyl sites for hydroxylation is 1. The van der Waals surface area contributed by atoms with Gasteiger partial charge in [0.1, 0.15) is 17.5 Å². The normalized spacial score (nSPS) is 15.2. The van der Waals surface area contributed by atoms with E-state index in [9.17, 15) is 9.59 Å². The van der Waals surface area contributed by atoms with E-state index in [4.69, 9.17) is 18.7 Å². The summed E-state index contributed by atoms with van der Waals surface area (Å²) in [7, 11) is 0. The van der Waals surface area contributed by atoms with Gasteiger partial charge in [0.15, 0.2) is 11.9 Å². The molecule has 4 aromatic rings. The largest absolute Gasteiger partial charge is 0.464 e. The number of fused-ring (bicyclic) bond motifs is 1. The van der Waals surface area contributed by atoms with Crippen molar-refractivity contribution >= 4 is 17.7 Å². The molecule has 0 bridgehead atoms. The Morgan fingerprint density at radius 3 is 2.49 bits per heavy atom. The number of anilines is 1. The second-order valence-corrected chi connectivity index (χ2v) is 9.30. The summed E-state index contributed by atoms with van der Waals surface area (Å²) in [6.07, 6.45) is -0.963. The standard InChI is InChI=1S/C31H30N2O6/c1-4-36-30(34)29-26-15-14-24(18-25(26)16-17-37-29)22-10-12-23(13-11-22)28-27(19(2)33-39-28)32-31(35)38-20(3)21-8-6-5-7-9-21/h5-15,18,20,29H,4,16-17H2,1-3H3,(H,32,35)/t20-,29?/m1/s1. The summed E-state index contributed by atoms with van der Waals surface area (Å²) in [5, 5.41) is 6.85. The van der Waals surface area contributed by atoms with Crippen LogP contribution in [0.4, 0.5) is 10.5 Å². The minimum Gasteiger partial charge on any atom is -0.464 e. The molecule has 39 heavy (non-hydrogen) atoms. The van der Waals surface area contributed by atoms with E-state index in [2.05, 4.69) is 16.5 Å². The van der Waals surface area contributed by atoms with Crippen molar-refractivity contribution < 1.29 is 28.3 Å². The van der Waals surface area contributed by atoms with Crippen molar-refractivity contribution in [3.8, 4) is 22.5 Å². The number of hydrogen-bond acceptors (Lipinski definition) is 7.